The van der Waals surface area contributed by atoms with Crippen molar-refractivity contribution in [2.75, 3.05) is 13.1 Å². The SMILES string of the molecule is C[C@@H]1CNCCc2c1[nH]c1cccc(Cl)c21. The first-order valence-electron chi connectivity index (χ1n) is 5.77. The minimum absolute atomic E-state index is 0.529. The molecule has 0 saturated heterocycles. The molecule has 0 spiro atoms. The highest BCUT2D eigenvalue weighted by molar-refractivity contribution is 6.35. The smallest absolute Gasteiger partial charge is 0.0502 e. The third kappa shape index (κ3) is 1.45. The molecule has 1 aromatic carbocycles. The van der Waals surface area contributed by atoms with E-state index in [2.05, 4.69) is 23.3 Å². The van der Waals surface area contributed by atoms with Crippen LogP contribution in [0.25, 0.3) is 10.9 Å². The lowest BCUT2D eigenvalue weighted by Crippen LogP contribution is -2.18. The summed E-state index contributed by atoms with van der Waals surface area (Å²) in [5.74, 6) is 0.529. The molecule has 0 amide bonds. The molecular formula is C13H15ClN2. The molecule has 0 unspecified atom stereocenters. The van der Waals surface area contributed by atoms with Gasteiger partial charge >= 0.3 is 0 Å². The van der Waals surface area contributed by atoms with Crippen molar-refractivity contribution in [3.05, 3.63) is 34.5 Å². The molecule has 0 bridgehead atoms. The molecule has 0 aliphatic carbocycles. The van der Waals surface area contributed by atoms with Crippen LogP contribution in [-0.4, -0.2) is 18.1 Å². The molecule has 84 valence electrons. The Hall–Kier alpha value is -0.990. The Kier molecular flexibility index (Phi) is 2.41. The van der Waals surface area contributed by atoms with Gasteiger partial charge in [0.15, 0.2) is 0 Å². The predicted molar refractivity (Wildman–Crippen MR) is 68.3 cm³/mol. The molecule has 2 nitrogen and oxygen atoms in total. The van der Waals surface area contributed by atoms with Gasteiger partial charge in [0.25, 0.3) is 0 Å². The largest absolute Gasteiger partial charge is 0.358 e. The monoisotopic (exact) mass is 234 g/mol. The molecule has 16 heavy (non-hydrogen) atoms. The van der Waals surface area contributed by atoms with Crippen LogP contribution >= 0.6 is 11.6 Å². The fraction of sp³-hybridized carbons (Fsp3) is 0.385. The Bertz CT molecular complexity index is 530. The highest BCUT2D eigenvalue weighted by atomic mass is 35.5. The third-order valence-corrected chi connectivity index (χ3v) is 3.72. The zero-order chi connectivity index (χ0) is 11.1. The second kappa shape index (κ2) is 3.79. The first-order valence-corrected chi connectivity index (χ1v) is 6.15. The van der Waals surface area contributed by atoms with Gasteiger partial charge in [-0.3, -0.25) is 0 Å². The van der Waals surface area contributed by atoms with Gasteiger partial charge in [0.1, 0.15) is 0 Å². The van der Waals surface area contributed by atoms with Crippen molar-refractivity contribution in [3.63, 3.8) is 0 Å². The summed E-state index contributed by atoms with van der Waals surface area (Å²) in [4.78, 5) is 3.52. The van der Waals surface area contributed by atoms with Crippen molar-refractivity contribution in [1.82, 2.24) is 10.3 Å². The third-order valence-electron chi connectivity index (χ3n) is 3.40. The van der Waals surface area contributed by atoms with Gasteiger partial charge in [-0.2, -0.15) is 0 Å². The highest BCUT2D eigenvalue weighted by Crippen LogP contribution is 2.33. The molecule has 0 saturated carbocycles. The van der Waals surface area contributed by atoms with Gasteiger partial charge in [-0.05, 0) is 30.7 Å². The van der Waals surface area contributed by atoms with E-state index in [1.807, 2.05) is 12.1 Å². The van der Waals surface area contributed by atoms with Crippen molar-refractivity contribution < 1.29 is 0 Å². The van der Waals surface area contributed by atoms with E-state index < -0.39 is 0 Å². The predicted octanol–water partition coefficient (Wildman–Crippen LogP) is 3.07. The standard InChI is InChI=1S/C13H15ClN2/c1-8-7-15-6-5-9-12-10(14)3-2-4-11(12)16-13(8)9/h2-4,8,15-16H,5-7H2,1H3/t8-/m1/s1. The van der Waals surface area contributed by atoms with Crippen molar-refractivity contribution in [2.24, 2.45) is 0 Å². The van der Waals surface area contributed by atoms with E-state index in [1.54, 1.807) is 0 Å². The molecule has 0 radical (unpaired) electrons. The van der Waals surface area contributed by atoms with Gasteiger partial charge < -0.3 is 10.3 Å². The number of benzene rings is 1. The van der Waals surface area contributed by atoms with E-state index in [0.717, 1.165) is 24.5 Å². The molecule has 3 heteroatoms. The number of halogens is 1. The van der Waals surface area contributed by atoms with Crippen LogP contribution in [0.2, 0.25) is 5.02 Å². The van der Waals surface area contributed by atoms with Gasteiger partial charge in [0.05, 0.1) is 5.02 Å². The molecule has 2 N–H and O–H groups in total. The van der Waals surface area contributed by atoms with Gasteiger partial charge in [-0.1, -0.05) is 24.6 Å². The lowest BCUT2D eigenvalue weighted by molar-refractivity contribution is 0.637. The number of aromatic amines is 1. The van der Waals surface area contributed by atoms with Crippen LogP contribution in [-0.2, 0) is 6.42 Å². The number of nitrogens with one attached hydrogen (secondary N) is 2. The Morgan fingerprint density at radius 2 is 2.25 bits per heavy atom. The Balaban J connectivity index is 2.31. The molecule has 1 aliphatic heterocycles. The number of hydrogen-bond donors (Lipinski definition) is 2. The van der Waals surface area contributed by atoms with Crippen LogP contribution in [0.15, 0.2) is 18.2 Å². The van der Waals surface area contributed by atoms with E-state index in [0.29, 0.717) is 5.92 Å². The van der Waals surface area contributed by atoms with Crippen molar-refractivity contribution in [3.8, 4) is 0 Å². The van der Waals surface area contributed by atoms with Crippen LogP contribution in [0.1, 0.15) is 24.1 Å². The fourth-order valence-corrected chi connectivity index (χ4v) is 2.89. The minimum Gasteiger partial charge on any atom is -0.358 e. The van der Waals surface area contributed by atoms with Gasteiger partial charge in [-0.25, -0.2) is 0 Å². The lowest BCUT2D eigenvalue weighted by atomic mass is 10.0. The Morgan fingerprint density at radius 3 is 3.12 bits per heavy atom. The maximum atomic E-state index is 6.30. The van der Waals surface area contributed by atoms with Gasteiger partial charge in [0.2, 0.25) is 0 Å². The van der Waals surface area contributed by atoms with Crippen LogP contribution < -0.4 is 5.32 Å². The zero-order valence-electron chi connectivity index (χ0n) is 9.31. The molecule has 1 atom stereocenters. The van der Waals surface area contributed by atoms with Crippen molar-refractivity contribution >= 4 is 22.5 Å². The lowest BCUT2D eigenvalue weighted by Gasteiger charge is -2.07. The summed E-state index contributed by atoms with van der Waals surface area (Å²) in [5.41, 5.74) is 3.93. The maximum Gasteiger partial charge on any atom is 0.0502 e. The molecule has 3 rings (SSSR count). The molecular weight excluding hydrogens is 220 g/mol. The number of H-pyrrole nitrogens is 1. The van der Waals surface area contributed by atoms with Crippen LogP contribution in [0.3, 0.4) is 0 Å². The number of rotatable bonds is 0. The van der Waals surface area contributed by atoms with E-state index >= 15 is 0 Å². The summed E-state index contributed by atoms with van der Waals surface area (Å²) in [6, 6.07) is 6.08. The summed E-state index contributed by atoms with van der Waals surface area (Å²) in [6.45, 7) is 4.33. The summed E-state index contributed by atoms with van der Waals surface area (Å²) in [7, 11) is 0. The first kappa shape index (κ1) is 10.2. The van der Waals surface area contributed by atoms with Crippen LogP contribution in [0.5, 0.6) is 0 Å². The zero-order valence-corrected chi connectivity index (χ0v) is 10.1. The van der Waals surface area contributed by atoms with E-state index in [9.17, 15) is 0 Å². The van der Waals surface area contributed by atoms with Crippen LogP contribution in [0.4, 0.5) is 0 Å². The average molecular weight is 235 g/mol. The van der Waals surface area contributed by atoms with Crippen LogP contribution in [0, 0.1) is 0 Å². The molecule has 1 aromatic heterocycles. The van der Waals surface area contributed by atoms with Crippen molar-refractivity contribution in [1.29, 1.82) is 0 Å². The average Bonchev–Trinajstić information content (AvgIpc) is 2.56. The molecule has 0 fully saturated rings. The maximum absolute atomic E-state index is 6.30. The summed E-state index contributed by atoms with van der Waals surface area (Å²) in [5, 5.41) is 5.53. The van der Waals surface area contributed by atoms with E-state index in [-0.39, 0.29) is 0 Å². The Morgan fingerprint density at radius 1 is 1.38 bits per heavy atom. The highest BCUT2D eigenvalue weighted by Gasteiger charge is 2.20. The summed E-state index contributed by atoms with van der Waals surface area (Å²) in [6.07, 6.45) is 1.06. The normalized spacial score (nSPS) is 20.8. The molecule has 2 aromatic rings. The summed E-state index contributed by atoms with van der Waals surface area (Å²) >= 11 is 6.30. The quantitative estimate of drug-likeness (QED) is 0.721. The summed E-state index contributed by atoms with van der Waals surface area (Å²) < 4.78 is 0. The first-order chi connectivity index (χ1) is 7.77. The topological polar surface area (TPSA) is 27.8 Å². The Labute approximate surface area is 100.0 Å². The van der Waals surface area contributed by atoms with Gasteiger partial charge in [0, 0.05) is 29.1 Å². The number of fused-ring (bicyclic) bond motifs is 3. The van der Waals surface area contributed by atoms with Gasteiger partial charge in [-0.15, -0.1) is 0 Å². The molecule has 2 heterocycles. The van der Waals surface area contributed by atoms with E-state index in [4.69, 9.17) is 11.6 Å². The second-order valence-corrected chi connectivity index (χ2v) is 4.94. The number of hydrogen-bond acceptors (Lipinski definition) is 1. The second-order valence-electron chi connectivity index (χ2n) is 4.53. The van der Waals surface area contributed by atoms with Crippen molar-refractivity contribution in [2.45, 2.75) is 19.3 Å². The molecule has 1 aliphatic rings. The fourth-order valence-electron chi connectivity index (χ4n) is 2.60. The minimum atomic E-state index is 0.529. The van der Waals surface area contributed by atoms with E-state index in [1.165, 1.54) is 22.2 Å². The number of aromatic nitrogens is 1.